The highest BCUT2D eigenvalue weighted by Gasteiger charge is 2.24. The maximum Gasteiger partial charge on any atom is 0.303 e. The van der Waals surface area contributed by atoms with Crippen LogP contribution in [0, 0.1) is 0 Å². The Bertz CT molecular complexity index is 514. The number of ether oxygens (including phenoxy) is 1. The highest BCUT2D eigenvalue weighted by molar-refractivity contribution is 6.31. The third-order valence-electron chi connectivity index (χ3n) is 2.82. The number of benzene rings is 1. The van der Waals surface area contributed by atoms with Gasteiger partial charge in [-0.05, 0) is 38.5 Å². The van der Waals surface area contributed by atoms with Crippen LogP contribution >= 0.6 is 11.6 Å². The topological polar surface area (TPSA) is 75.6 Å². The number of nitrogens with one attached hydrogen (secondary N) is 1. The molecule has 0 aliphatic carbocycles. The Kier molecular flexibility index (Phi) is 5.39. The lowest BCUT2D eigenvalue weighted by Crippen LogP contribution is -2.43. The molecule has 0 atom stereocenters. The van der Waals surface area contributed by atoms with E-state index in [2.05, 4.69) is 5.32 Å². The van der Waals surface area contributed by atoms with Crippen LogP contribution in [0.1, 0.15) is 37.0 Å². The molecule has 1 rings (SSSR count). The van der Waals surface area contributed by atoms with Gasteiger partial charge in [-0.3, -0.25) is 9.59 Å². The second-order valence-corrected chi connectivity index (χ2v) is 5.51. The molecule has 2 N–H and O–H groups in total. The Labute approximate surface area is 122 Å². The Morgan fingerprint density at radius 3 is 2.60 bits per heavy atom. The summed E-state index contributed by atoms with van der Waals surface area (Å²) >= 11 is 5.88. The van der Waals surface area contributed by atoms with Crippen LogP contribution in [0.15, 0.2) is 18.2 Å². The van der Waals surface area contributed by atoms with E-state index >= 15 is 0 Å². The Balaban J connectivity index is 2.85. The van der Waals surface area contributed by atoms with E-state index in [0.717, 1.165) is 0 Å². The summed E-state index contributed by atoms with van der Waals surface area (Å²) in [7, 11) is 1.47. The van der Waals surface area contributed by atoms with Crippen LogP contribution < -0.4 is 10.1 Å². The van der Waals surface area contributed by atoms with Crippen molar-refractivity contribution in [2.75, 3.05) is 7.11 Å². The van der Waals surface area contributed by atoms with Gasteiger partial charge in [-0.2, -0.15) is 0 Å². The summed E-state index contributed by atoms with van der Waals surface area (Å²) in [5.41, 5.74) is -0.314. The number of aliphatic carboxylic acids is 1. The zero-order valence-corrected chi connectivity index (χ0v) is 12.5. The van der Waals surface area contributed by atoms with Gasteiger partial charge in [0.1, 0.15) is 5.75 Å². The molecule has 0 spiro atoms. The average Bonchev–Trinajstić information content (AvgIpc) is 2.36. The number of hydrogen-bond donors (Lipinski definition) is 2. The number of carboxylic acid groups (broad SMARTS) is 1. The van der Waals surface area contributed by atoms with E-state index in [0.29, 0.717) is 22.8 Å². The standard InChI is InChI=1S/C14H18ClNO4/c1-14(2,7-6-12(17)18)16-13(19)10-8-9(15)4-5-11(10)20-3/h4-5,8H,6-7H2,1-3H3,(H,16,19)(H,17,18). The second-order valence-electron chi connectivity index (χ2n) is 5.08. The van der Waals surface area contributed by atoms with Crippen molar-refractivity contribution >= 4 is 23.5 Å². The maximum absolute atomic E-state index is 12.2. The normalized spacial score (nSPS) is 11.0. The van der Waals surface area contributed by atoms with Crippen molar-refractivity contribution in [1.82, 2.24) is 5.32 Å². The Hall–Kier alpha value is -1.75. The van der Waals surface area contributed by atoms with Crippen LogP contribution in [0.2, 0.25) is 5.02 Å². The van der Waals surface area contributed by atoms with Crippen molar-refractivity contribution < 1.29 is 19.4 Å². The average molecular weight is 300 g/mol. The monoisotopic (exact) mass is 299 g/mol. The van der Waals surface area contributed by atoms with E-state index in [4.69, 9.17) is 21.4 Å². The number of rotatable bonds is 6. The molecule has 20 heavy (non-hydrogen) atoms. The summed E-state index contributed by atoms with van der Waals surface area (Å²) in [5, 5.41) is 11.9. The summed E-state index contributed by atoms with van der Waals surface area (Å²) in [6.07, 6.45) is 0.316. The Morgan fingerprint density at radius 2 is 2.05 bits per heavy atom. The first-order valence-electron chi connectivity index (χ1n) is 6.13. The molecular formula is C14H18ClNO4. The molecule has 1 aromatic rings. The molecule has 0 bridgehead atoms. The van der Waals surface area contributed by atoms with Gasteiger partial charge in [0.2, 0.25) is 0 Å². The third-order valence-corrected chi connectivity index (χ3v) is 3.06. The summed E-state index contributed by atoms with van der Waals surface area (Å²) in [5.74, 6) is -0.826. The van der Waals surface area contributed by atoms with Gasteiger partial charge in [-0.1, -0.05) is 11.6 Å². The molecular weight excluding hydrogens is 282 g/mol. The van der Waals surface area contributed by atoms with Gasteiger partial charge in [0.05, 0.1) is 12.7 Å². The first-order valence-corrected chi connectivity index (χ1v) is 6.51. The fraction of sp³-hybridized carbons (Fsp3) is 0.429. The molecule has 6 heteroatoms. The molecule has 0 aromatic heterocycles. The van der Waals surface area contributed by atoms with Gasteiger partial charge in [0.25, 0.3) is 5.91 Å². The fourth-order valence-corrected chi connectivity index (χ4v) is 1.89. The largest absolute Gasteiger partial charge is 0.496 e. The van der Waals surface area contributed by atoms with Crippen LogP contribution in [0.3, 0.4) is 0 Å². The molecule has 0 saturated carbocycles. The van der Waals surface area contributed by atoms with Crippen LogP contribution in [-0.4, -0.2) is 29.6 Å². The number of halogens is 1. The minimum Gasteiger partial charge on any atom is -0.496 e. The first kappa shape index (κ1) is 16.3. The predicted octanol–water partition coefficient (Wildman–Crippen LogP) is 2.72. The lowest BCUT2D eigenvalue weighted by molar-refractivity contribution is -0.137. The summed E-state index contributed by atoms with van der Waals surface area (Å²) in [6.45, 7) is 3.54. The molecule has 0 saturated heterocycles. The molecule has 0 heterocycles. The number of methoxy groups -OCH3 is 1. The summed E-state index contributed by atoms with van der Waals surface area (Å²) < 4.78 is 5.12. The molecule has 1 amide bonds. The van der Waals surface area contributed by atoms with E-state index in [1.54, 1.807) is 26.0 Å². The molecule has 0 fully saturated rings. The Morgan fingerprint density at radius 1 is 1.40 bits per heavy atom. The van der Waals surface area contributed by atoms with Gasteiger partial charge in [0, 0.05) is 17.0 Å². The smallest absolute Gasteiger partial charge is 0.303 e. The minimum absolute atomic E-state index is 0.0139. The van der Waals surface area contributed by atoms with Crippen LogP contribution in [-0.2, 0) is 4.79 Å². The van der Waals surface area contributed by atoms with Gasteiger partial charge in [-0.15, -0.1) is 0 Å². The number of hydrogen-bond acceptors (Lipinski definition) is 3. The van der Waals surface area contributed by atoms with E-state index in [1.165, 1.54) is 13.2 Å². The van der Waals surface area contributed by atoms with Crippen molar-refractivity contribution in [2.45, 2.75) is 32.2 Å². The van der Waals surface area contributed by atoms with Gasteiger partial charge >= 0.3 is 5.97 Å². The SMILES string of the molecule is COc1ccc(Cl)cc1C(=O)NC(C)(C)CCC(=O)O. The lowest BCUT2D eigenvalue weighted by Gasteiger charge is -2.26. The van der Waals surface area contributed by atoms with Crippen molar-refractivity contribution in [3.63, 3.8) is 0 Å². The van der Waals surface area contributed by atoms with E-state index in [9.17, 15) is 9.59 Å². The van der Waals surface area contributed by atoms with Crippen LogP contribution in [0.25, 0.3) is 0 Å². The van der Waals surface area contributed by atoms with E-state index < -0.39 is 11.5 Å². The van der Waals surface area contributed by atoms with Crippen molar-refractivity contribution in [3.05, 3.63) is 28.8 Å². The highest BCUT2D eigenvalue weighted by Crippen LogP contribution is 2.23. The zero-order valence-electron chi connectivity index (χ0n) is 11.7. The van der Waals surface area contributed by atoms with Gasteiger partial charge in [0.15, 0.2) is 0 Å². The number of amides is 1. The van der Waals surface area contributed by atoms with Crippen molar-refractivity contribution in [3.8, 4) is 5.75 Å². The quantitative estimate of drug-likeness (QED) is 0.847. The van der Waals surface area contributed by atoms with E-state index in [1.807, 2.05) is 0 Å². The summed E-state index contributed by atoms with van der Waals surface area (Å²) in [6, 6.07) is 4.76. The first-order chi connectivity index (χ1) is 9.25. The molecule has 110 valence electrons. The summed E-state index contributed by atoms with van der Waals surface area (Å²) in [4.78, 5) is 22.8. The lowest BCUT2D eigenvalue weighted by atomic mass is 9.97. The fourth-order valence-electron chi connectivity index (χ4n) is 1.71. The van der Waals surface area contributed by atoms with Crippen molar-refractivity contribution in [1.29, 1.82) is 0 Å². The second kappa shape index (κ2) is 6.61. The highest BCUT2D eigenvalue weighted by atomic mass is 35.5. The van der Waals surface area contributed by atoms with Gasteiger partial charge < -0.3 is 15.2 Å². The predicted molar refractivity (Wildman–Crippen MR) is 76.4 cm³/mol. The minimum atomic E-state index is -0.896. The van der Waals surface area contributed by atoms with E-state index in [-0.39, 0.29) is 12.3 Å². The van der Waals surface area contributed by atoms with Crippen LogP contribution in [0.5, 0.6) is 5.75 Å². The number of carboxylic acids is 1. The number of carbonyl (C=O) groups is 2. The third kappa shape index (κ3) is 4.74. The molecule has 0 aliphatic heterocycles. The molecule has 0 radical (unpaired) electrons. The van der Waals surface area contributed by atoms with Crippen LogP contribution in [0.4, 0.5) is 0 Å². The molecule has 0 aliphatic rings. The van der Waals surface area contributed by atoms with Gasteiger partial charge in [-0.25, -0.2) is 0 Å². The molecule has 0 unspecified atom stereocenters. The zero-order chi connectivity index (χ0) is 15.3. The number of carbonyl (C=O) groups excluding carboxylic acids is 1. The van der Waals surface area contributed by atoms with Crippen molar-refractivity contribution in [2.24, 2.45) is 0 Å². The molecule has 5 nitrogen and oxygen atoms in total. The maximum atomic E-state index is 12.2. The molecule has 1 aromatic carbocycles.